The highest BCUT2D eigenvalue weighted by Gasteiger charge is 2.29. The van der Waals surface area contributed by atoms with Gasteiger partial charge in [-0.25, -0.2) is 9.67 Å². The van der Waals surface area contributed by atoms with Crippen LogP contribution < -0.4 is 10.1 Å². The molecule has 1 aromatic carbocycles. The first-order valence-electron chi connectivity index (χ1n) is 13.1. The first kappa shape index (κ1) is 28.1. The monoisotopic (exact) mass is 512 g/mol. The van der Waals surface area contributed by atoms with E-state index in [1.54, 1.807) is 23.6 Å². The normalized spacial score (nSPS) is 19.8. The van der Waals surface area contributed by atoms with Crippen molar-refractivity contribution in [2.75, 3.05) is 26.7 Å². The number of aromatic nitrogens is 3. The van der Waals surface area contributed by atoms with Crippen molar-refractivity contribution in [1.82, 2.24) is 29.9 Å². The molecule has 0 saturated carbocycles. The number of likely N-dealkylation sites (N-methyl/N-ethyl adjacent to an activating group) is 1. The lowest BCUT2D eigenvalue weighted by Gasteiger charge is -2.29. The summed E-state index contributed by atoms with van der Waals surface area (Å²) in [6.45, 7) is 9.28. The van der Waals surface area contributed by atoms with Crippen molar-refractivity contribution in [3.63, 3.8) is 0 Å². The molecule has 0 spiro atoms. The smallest absolute Gasteiger partial charge is 0.243 e. The van der Waals surface area contributed by atoms with Crippen molar-refractivity contribution >= 4 is 17.7 Å². The van der Waals surface area contributed by atoms with Gasteiger partial charge in [0, 0.05) is 26.6 Å². The third-order valence-electron chi connectivity index (χ3n) is 6.58. The van der Waals surface area contributed by atoms with Crippen molar-refractivity contribution in [1.29, 1.82) is 0 Å². The third kappa shape index (κ3) is 8.03. The summed E-state index contributed by atoms with van der Waals surface area (Å²) in [4.78, 5) is 46.9. The summed E-state index contributed by atoms with van der Waals surface area (Å²) < 4.78 is 7.52. The SMILES string of the molecule is Cc1nc2n(n1)CCN(C(=O)CCOc1ccccc1)CCCC(=O)N(C)[C@@H](C)C(=O)N[C@@H]2CC(C)C. The van der Waals surface area contributed by atoms with E-state index in [1.807, 2.05) is 37.3 Å². The lowest BCUT2D eigenvalue weighted by molar-refractivity contribution is -0.139. The van der Waals surface area contributed by atoms with E-state index in [0.717, 1.165) is 5.75 Å². The Hall–Kier alpha value is -3.43. The van der Waals surface area contributed by atoms with Crippen LogP contribution in [0.1, 0.15) is 64.1 Å². The Bertz CT molecular complexity index is 1050. The van der Waals surface area contributed by atoms with E-state index in [-0.39, 0.29) is 43.2 Å². The fraction of sp³-hybridized carbons (Fsp3) is 0.593. The molecule has 2 aromatic rings. The van der Waals surface area contributed by atoms with Crippen LogP contribution in [0, 0.1) is 12.8 Å². The summed E-state index contributed by atoms with van der Waals surface area (Å²) in [6, 6.07) is 8.42. The molecule has 0 radical (unpaired) electrons. The third-order valence-corrected chi connectivity index (χ3v) is 6.58. The van der Waals surface area contributed by atoms with Gasteiger partial charge in [-0.2, -0.15) is 5.10 Å². The topological polar surface area (TPSA) is 110 Å². The summed E-state index contributed by atoms with van der Waals surface area (Å²) in [7, 11) is 1.65. The number of benzene rings is 1. The van der Waals surface area contributed by atoms with E-state index < -0.39 is 6.04 Å². The van der Waals surface area contributed by atoms with Crippen LogP contribution in [0.4, 0.5) is 0 Å². The van der Waals surface area contributed by atoms with Gasteiger partial charge in [-0.1, -0.05) is 32.0 Å². The van der Waals surface area contributed by atoms with Crippen LogP contribution >= 0.6 is 0 Å². The predicted molar refractivity (Wildman–Crippen MR) is 140 cm³/mol. The maximum absolute atomic E-state index is 13.1. The summed E-state index contributed by atoms with van der Waals surface area (Å²) >= 11 is 0. The zero-order chi connectivity index (χ0) is 26.9. The molecule has 1 N–H and O–H groups in total. The van der Waals surface area contributed by atoms with Gasteiger partial charge in [-0.15, -0.1) is 0 Å². The van der Waals surface area contributed by atoms with E-state index >= 15 is 0 Å². The number of amides is 3. The molecule has 3 rings (SSSR count). The zero-order valence-corrected chi connectivity index (χ0v) is 22.6. The van der Waals surface area contributed by atoms with Gasteiger partial charge in [0.1, 0.15) is 23.4 Å². The number of nitrogens with zero attached hydrogens (tertiary/aromatic N) is 5. The molecular formula is C27H40N6O4. The maximum Gasteiger partial charge on any atom is 0.243 e. The number of fused-ring (bicyclic) bond motifs is 1. The van der Waals surface area contributed by atoms with E-state index in [4.69, 9.17) is 4.74 Å². The number of ether oxygens (including phenoxy) is 1. The molecule has 2 heterocycles. The number of aryl methyl sites for hydroxylation is 1. The molecule has 1 aromatic heterocycles. The van der Waals surface area contributed by atoms with Crippen LogP contribution in [0.5, 0.6) is 5.75 Å². The number of carbonyl (C=O) groups excluding carboxylic acids is 3. The number of hydrogen-bond donors (Lipinski definition) is 1. The summed E-state index contributed by atoms with van der Waals surface area (Å²) in [5.41, 5.74) is 0. The summed E-state index contributed by atoms with van der Waals surface area (Å²) in [6.07, 6.45) is 1.66. The number of rotatable bonds is 6. The molecule has 3 amide bonds. The number of hydrogen-bond acceptors (Lipinski definition) is 6. The van der Waals surface area contributed by atoms with Crippen molar-refractivity contribution in [2.24, 2.45) is 5.92 Å². The Morgan fingerprint density at radius 3 is 2.59 bits per heavy atom. The fourth-order valence-electron chi connectivity index (χ4n) is 4.38. The maximum atomic E-state index is 13.1. The minimum absolute atomic E-state index is 0.0392. The largest absolute Gasteiger partial charge is 0.493 e. The summed E-state index contributed by atoms with van der Waals surface area (Å²) in [5.74, 6) is 1.91. The van der Waals surface area contributed by atoms with Crippen LogP contribution in [0.15, 0.2) is 30.3 Å². The Kier molecular flexibility index (Phi) is 10.0. The molecule has 1 aliphatic rings. The van der Waals surface area contributed by atoms with E-state index in [9.17, 15) is 14.4 Å². The van der Waals surface area contributed by atoms with Gasteiger partial charge in [-0.3, -0.25) is 14.4 Å². The fourth-order valence-corrected chi connectivity index (χ4v) is 4.38. The van der Waals surface area contributed by atoms with Crippen LogP contribution in [-0.2, 0) is 20.9 Å². The quantitative estimate of drug-likeness (QED) is 0.637. The van der Waals surface area contributed by atoms with Crippen LogP contribution in [0.3, 0.4) is 0 Å². The lowest BCUT2D eigenvalue weighted by Crippen LogP contribution is -2.47. The molecule has 0 bridgehead atoms. The second-order valence-electron chi connectivity index (χ2n) is 10.0. The van der Waals surface area contributed by atoms with Crippen molar-refractivity contribution in [2.45, 2.75) is 72.0 Å². The molecule has 2 atom stereocenters. The van der Waals surface area contributed by atoms with E-state index in [2.05, 4.69) is 29.2 Å². The highest BCUT2D eigenvalue weighted by Crippen LogP contribution is 2.21. The Balaban J connectivity index is 1.80. The second-order valence-corrected chi connectivity index (χ2v) is 10.0. The standard InChI is InChI=1S/C27H40N6O4/c1-19(2)18-23-26-28-21(4)30-33(26)16-15-32(25(35)13-17-37-22-10-7-6-8-11-22)14-9-12-24(34)31(5)20(3)27(36)29-23/h6-8,10-11,19-20,23H,9,12-18H2,1-5H3,(H,29,36)/t20-,23+/m0/s1. The van der Waals surface area contributed by atoms with Crippen molar-refractivity contribution in [3.05, 3.63) is 42.0 Å². The first-order chi connectivity index (χ1) is 17.7. The van der Waals surface area contributed by atoms with Gasteiger partial charge < -0.3 is 19.9 Å². The van der Waals surface area contributed by atoms with Crippen molar-refractivity contribution in [3.8, 4) is 5.75 Å². The molecule has 202 valence electrons. The number of carbonyl (C=O) groups is 3. The van der Waals surface area contributed by atoms with Crippen LogP contribution in [0.2, 0.25) is 0 Å². The Morgan fingerprint density at radius 2 is 1.89 bits per heavy atom. The zero-order valence-electron chi connectivity index (χ0n) is 22.6. The highest BCUT2D eigenvalue weighted by atomic mass is 16.5. The van der Waals surface area contributed by atoms with E-state index in [0.29, 0.717) is 50.0 Å². The molecule has 10 nitrogen and oxygen atoms in total. The molecule has 37 heavy (non-hydrogen) atoms. The summed E-state index contributed by atoms with van der Waals surface area (Å²) in [5, 5.41) is 7.67. The van der Waals surface area contributed by atoms with Gasteiger partial charge in [0.15, 0.2) is 0 Å². The van der Waals surface area contributed by atoms with Gasteiger partial charge in [0.05, 0.1) is 25.6 Å². The average Bonchev–Trinajstić information content (AvgIpc) is 3.24. The van der Waals surface area contributed by atoms with Crippen molar-refractivity contribution < 1.29 is 19.1 Å². The molecule has 1 aliphatic heterocycles. The molecule has 10 heteroatoms. The molecule has 0 saturated heterocycles. The molecule has 0 aliphatic carbocycles. The predicted octanol–water partition coefficient (Wildman–Crippen LogP) is 2.73. The van der Waals surface area contributed by atoms with Crippen LogP contribution in [0.25, 0.3) is 0 Å². The minimum Gasteiger partial charge on any atom is -0.493 e. The first-order valence-corrected chi connectivity index (χ1v) is 13.1. The van der Waals surface area contributed by atoms with Gasteiger partial charge >= 0.3 is 0 Å². The molecular weight excluding hydrogens is 472 g/mol. The Labute approximate surface area is 219 Å². The molecule has 0 fully saturated rings. The van der Waals surface area contributed by atoms with Gasteiger partial charge in [0.2, 0.25) is 17.7 Å². The second kappa shape index (κ2) is 13.2. The average molecular weight is 513 g/mol. The van der Waals surface area contributed by atoms with E-state index in [1.165, 1.54) is 4.90 Å². The Morgan fingerprint density at radius 1 is 1.16 bits per heavy atom. The highest BCUT2D eigenvalue weighted by molar-refractivity contribution is 5.87. The number of para-hydroxylation sites is 1. The van der Waals surface area contributed by atoms with Crippen LogP contribution in [-0.4, -0.2) is 75.1 Å². The molecule has 0 unspecified atom stereocenters. The minimum atomic E-state index is -0.629. The van der Waals surface area contributed by atoms with Gasteiger partial charge in [-0.05, 0) is 44.7 Å². The lowest BCUT2D eigenvalue weighted by atomic mass is 10.0. The number of nitrogens with one attached hydrogen (secondary N) is 1. The van der Waals surface area contributed by atoms with Gasteiger partial charge in [0.25, 0.3) is 0 Å².